The molecule has 2 unspecified atom stereocenters. The van der Waals surface area contributed by atoms with Gasteiger partial charge in [0.25, 0.3) is 10.1 Å². The Kier molecular flexibility index (Phi) is 41.3. The molecule has 0 saturated carbocycles. The molecule has 0 amide bonds. The summed E-state index contributed by atoms with van der Waals surface area (Å²) < 4.78 is 54.2. The molecule has 12 nitrogen and oxygen atoms in total. The number of aliphatic hydroxyl groups excluding tert-OH is 3. The molecule has 0 aliphatic carbocycles. The first-order valence-corrected chi connectivity index (χ1v) is 28.5. The van der Waals surface area contributed by atoms with Crippen LogP contribution in [-0.2, 0) is 38.7 Å². The Balaban J connectivity index is 2.36. The predicted molar refractivity (Wildman–Crippen MR) is 275 cm³/mol. The maximum atomic E-state index is 12.9. The Morgan fingerprint density at radius 3 is 1.37 bits per heavy atom. The molecule has 1 rings (SSSR count). The lowest BCUT2D eigenvalue weighted by atomic mass is 10.00. The van der Waals surface area contributed by atoms with Gasteiger partial charge in [0, 0.05) is 12.8 Å². The van der Waals surface area contributed by atoms with Crippen molar-refractivity contribution in [1.82, 2.24) is 0 Å². The maximum Gasteiger partial charge on any atom is 0.306 e. The largest absolute Gasteiger partial charge is 0.462 e. The lowest BCUT2D eigenvalue weighted by Gasteiger charge is -2.40. The first-order valence-electron chi connectivity index (χ1n) is 26.8. The van der Waals surface area contributed by atoms with Gasteiger partial charge >= 0.3 is 11.9 Å². The minimum atomic E-state index is -4.61. The van der Waals surface area contributed by atoms with Crippen molar-refractivity contribution in [1.29, 1.82) is 0 Å². The van der Waals surface area contributed by atoms with Crippen LogP contribution >= 0.6 is 0 Å². The van der Waals surface area contributed by atoms with E-state index in [0.29, 0.717) is 19.3 Å². The first-order chi connectivity index (χ1) is 33.0. The van der Waals surface area contributed by atoms with Crippen LogP contribution in [0.4, 0.5) is 0 Å². The van der Waals surface area contributed by atoms with E-state index in [2.05, 4.69) is 62.5 Å². The van der Waals surface area contributed by atoms with Crippen molar-refractivity contribution in [3.05, 3.63) is 60.8 Å². The second-order valence-electron chi connectivity index (χ2n) is 18.5. The molecule has 1 aliphatic heterocycles. The number of carbonyl (C=O) groups excluding carboxylic acids is 2. The van der Waals surface area contributed by atoms with Crippen LogP contribution in [0.5, 0.6) is 0 Å². The average Bonchev–Trinajstić information content (AvgIpc) is 3.31. The third-order valence-electron chi connectivity index (χ3n) is 12.1. The Labute approximate surface area is 413 Å². The minimum Gasteiger partial charge on any atom is -0.462 e. The molecule has 0 bridgehead atoms. The molecule has 68 heavy (non-hydrogen) atoms. The molecule has 1 heterocycles. The van der Waals surface area contributed by atoms with Gasteiger partial charge in [-0.25, -0.2) is 0 Å². The van der Waals surface area contributed by atoms with Gasteiger partial charge in [0.15, 0.2) is 12.4 Å². The zero-order chi connectivity index (χ0) is 49.8. The van der Waals surface area contributed by atoms with Crippen LogP contribution in [0.15, 0.2) is 60.8 Å². The fourth-order valence-electron chi connectivity index (χ4n) is 8.01. The Bertz CT molecular complexity index is 1470. The second-order valence-corrected chi connectivity index (χ2v) is 20.0. The van der Waals surface area contributed by atoms with Gasteiger partial charge in [-0.1, -0.05) is 216 Å². The molecule has 4 N–H and O–H groups in total. The molecule has 1 aliphatic rings. The molecule has 0 radical (unpaired) electrons. The molecular formula is C55H96O12S. The van der Waals surface area contributed by atoms with Crippen molar-refractivity contribution in [3.63, 3.8) is 0 Å². The van der Waals surface area contributed by atoms with Gasteiger partial charge in [-0.2, -0.15) is 8.42 Å². The third-order valence-corrected chi connectivity index (χ3v) is 12.9. The number of carbonyl (C=O) groups is 2. The van der Waals surface area contributed by atoms with Gasteiger partial charge < -0.3 is 34.3 Å². The van der Waals surface area contributed by atoms with E-state index in [1.165, 1.54) is 122 Å². The summed E-state index contributed by atoms with van der Waals surface area (Å²) in [6.07, 6.45) is 47.0. The molecule has 394 valence electrons. The first kappa shape index (κ1) is 63.4. The zero-order valence-electron chi connectivity index (χ0n) is 42.4. The highest BCUT2D eigenvalue weighted by molar-refractivity contribution is 7.85. The Morgan fingerprint density at radius 1 is 0.515 bits per heavy atom. The SMILES string of the molecule is CC/C=C/C/C=C/C/C=C/C/C=C/C/C=C/CCCC(=O)OC[C@H](CO[C@H]1O[C@H](CS(=O)(=O)O)[C@@H](O)C(O)C1O)OC(=O)CCCCCCCCCCCCCCCCCCCCCCCCC. The van der Waals surface area contributed by atoms with E-state index < -0.39 is 71.2 Å². The molecule has 1 fully saturated rings. The van der Waals surface area contributed by atoms with Crippen molar-refractivity contribution in [2.75, 3.05) is 19.0 Å². The number of esters is 2. The number of unbranched alkanes of at least 4 members (excludes halogenated alkanes) is 23. The summed E-state index contributed by atoms with van der Waals surface area (Å²) >= 11 is 0. The van der Waals surface area contributed by atoms with E-state index >= 15 is 0 Å². The standard InChI is InChI=1S/C55H96O12S/c1-3-5-7-9-11-13-15-17-19-21-22-23-24-25-26-28-30-32-34-36-38-40-42-44-51(57)66-48(46-65-55-54(60)53(59)52(58)49(67-55)47-68(61,62)63)45-64-50(56)43-41-39-37-35-33-31-29-27-20-18-16-14-12-10-8-6-4-2/h6,8,12,14,18,20,29,31,35,37,48-49,52-55,58-60H,3-5,7,9-11,13,15-17,19,21-28,30,32-34,36,38-47H2,1-2H3,(H,61,62,63)/b8-6+,14-12+,20-18+,31-29+,37-35+/t48-,49-,52-,53?,54?,55+/m1/s1. The maximum absolute atomic E-state index is 12.9. The highest BCUT2D eigenvalue weighted by atomic mass is 32.2. The smallest absolute Gasteiger partial charge is 0.306 e. The van der Waals surface area contributed by atoms with Crippen LogP contribution in [0.25, 0.3) is 0 Å². The van der Waals surface area contributed by atoms with Gasteiger partial charge in [0.05, 0.1) is 6.61 Å². The van der Waals surface area contributed by atoms with Crippen molar-refractivity contribution in [2.45, 2.75) is 256 Å². The fraction of sp³-hybridized carbons (Fsp3) is 0.782. The number of hydrogen-bond donors (Lipinski definition) is 4. The summed E-state index contributed by atoms with van der Waals surface area (Å²) in [4.78, 5) is 25.5. The predicted octanol–water partition coefficient (Wildman–Crippen LogP) is 12.5. The van der Waals surface area contributed by atoms with Crippen molar-refractivity contribution in [3.8, 4) is 0 Å². The lowest BCUT2D eigenvalue weighted by molar-refractivity contribution is -0.297. The number of allylic oxidation sites excluding steroid dienone is 10. The van der Waals surface area contributed by atoms with Gasteiger partial charge in [-0.15, -0.1) is 0 Å². The zero-order valence-corrected chi connectivity index (χ0v) is 43.3. The summed E-state index contributed by atoms with van der Waals surface area (Å²) in [5, 5.41) is 31.0. The highest BCUT2D eigenvalue weighted by Crippen LogP contribution is 2.24. The Hall–Kier alpha value is -2.65. The number of hydrogen-bond acceptors (Lipinski definition) is 11. The van der Waals surface area contributed by atoms with E-state index in [9.17, 15) is 37.9 Å². The van der Waals surface area contributed by atoms with Gasteiger partial charge in [-0.05, 0) is 51.4 Å². The number of rotatable bonds is 45. The Morgan fingerprint density at radius 2 is 0.926 bits per heavy atom. The summed E-state index contributed by atoms with van der Waals surface area (Å²) in [7, 11) is -4.61. The van der Waals surface area contributed by atoms with Crippen molar-refractivity contribution >= 4 is 22.1 Å². The van der Waals surface area contributed by atoms with E-state index in [0.717, 1.165) is 51.4 Å². The van der Waals surface area contributed by atoms with E-state index in [1.807, 2.05) is 12.2 Å². The van der Waals surface area contributed by atoms with Crippen LogP contribution < -0.4 is 0 Å². The molecule has 0 spiro atoms. The number of aliphatic hydroxyl groups is 3. The van der Waals surface area contributed by atoms with Crippen molar-refractivity contribution < 1.29 is 56.8 Å². The topological polar surface area (TPSA) is 186 Å². The van der Waals surface area contributed by atoms with Gasteiger partial charge in [-0.3, -0.25) is 14.1 Å². The van der Waals surface area contributed by atoms with Crippen LogP contribution in [0.3, 0.4) is 0 Å². The molecule has 0 aromatic rings. The number of ether oxygens (including phenoxy) is 4. The van der Waals surface area contributed by atoms with Crippen LogP contribution in [0, 0.1) is 0 Å². The van der Waals surface area contributed by atoms with Crippen LogP contribution in [0.2, 0.25) is 0 Å². The van der Waals surface area contributed by atoms with Crippen LogP contribution in [-0.4, -0.2) is 96.0 Å². The minimum absolute atomic E-state index is 0.140. The summed E-state index contributed by atoms with van der Waals surface area (Å²) in [5.74, 6) is -2.05. The van der Waals surface area contributed by atoms with Crippen LogP contribution in [0.1, 0.15) is 219 Å². The van der Waals surface area contributed by atoms with E-state index in [1.54, 1.807) is 0 Å². The van der Waals surface area contributed by atoms with Gasteiger partial charge in [0.2, 0.25) is 0 Å². The fourth-order valence-corrected chi connectivity index (χ4v) is 8.70. The van der Waals surface area contributed by atoms with Crippen molar-refractivity contribution in [2.24, 2.45) is 0 Å². The highest BCUT2D eigenvalue weighted by Gasteiger charge is 2.46. The van der Waals surface area contributed by atoms with Gasteiger partial charge in [0.1, 0.15) is 36.8 Å². The summed E-state index contributed by atoms with van der Waals surface area (Å²) in [6, 6.07) is 0. The third kappa shape index (κ3) is 38.1. The molecular weight excluding hydrogens is 885 g/mol. The lowest BCUT2D eigenvalue weighted by Crippen LogP contribution is -2.60. The summed E-state index contributed by atoms with van der Waals surface area (Å²) in [6.45, 7) is 3.63. The quantitative estimate of drug-likeness (QED) is 0.0196. The normalized spacial score (nSPS) is 19.6. The van der Waals surface area contributed by atoms with E-state index in [4.69, 9.17) is 18.9 Å². The molecule has 6 atom stereocenters. The van der Waals surface area contributed by atoms with E-state index in [-0.39, 0.29) is 19.4 Å². The average molecular weight is 981 g/mol. The monoisotopic (exact) mass is 981 g/mol. The second kappa shape index (κ2) is 44.3. The molecule has 13 heteroatoms. The molecule has 0 aromatic heterocycles. The summed E-state index contributed by atoms with van der Waals surface area (Å²) in [5.41, 5.74) is 0. The molecule has 0 aromatic carbocycles. The molecule has 1 saturated heterocycles.